The summed E-state index contributed by atoms with van der Waals surface area (Å²) in [6.07, 6.45) is 17.7. The summed E-state index contributed by atoms with van der Waals surface area (Å²) in [5, 5.41) is 4.45. The molecule has 228 valence electrons. The van der Waals surface area contributed by atoms with Crippen LogP contribution < -0.4 is 20.3 Å². The van der Waals surface area contributed by atoms with Gasteiger partial charge >= 0.3 is 0 Å². The lowest BCUT2D eigenvalue weighted by Crippen LogP contribution is -2.24. The fourth-order valence-electron chi connectivity index (χ4n) is 4.70. The standard InChI is InChI=1S/C36H56N2O3/c1-8-10-12-13-14-15-25-40-35-34(41-26-22-29(5)6)32-20-19-31(27-33(32)38(36(35)39)24-11-9-2)37-23-21-30(7)18-16-17-28(3)4/h17,19-22,27,37H,8-16,18,23-26H2,1-7H3. The summed E-state index contributed by atoms with van der Waals surface area (Å²) < 4.78 is 14.4. The lowest BCUT2D eigenvalue weighted by Gasteiger charge is -2.19. The van der Waals surface area contributed by atoms with Gasteiger partial charge in [0, 0.05) is 24.2 Å². The van der Waals surface area contributed by atoms with Crippen molar-refractivity contribution in [2.75, 3.05) is 25.1 Å². The number of fused-ring (bicyclic) bond motifs is 1. The number of unbranched alkanes of at least 4 members (excludes halogenated alkanes) is 6. The van der Waals surface area contributed by atoms with Gasteiger partial charge in [-0.15, -0.1) is 0 Å². The lowest BCUT2D eigenvalue weighted by atomic mass is 10.1. The second-order valence-electron chi connectivity index (χ2n) is 11.7. The van der Waals surface area contributed by atoms with Crippen molar-refractivity contribution < 1.29 is 9.47 Å². The SMILES string of the molecule is CCCCCCCCOc1c(OCC=C(C)C)c2ccc(NCC=C(C)CCC=C(C)C)cc2n(CCCC)c1=O. The molecule has 0 spiro atoms. The first-order valence-corrected chi connectivity index (χ1v) is 15.9. The molecule has 0 amide bonds. The minimum Gasteiger partial charge on any atom is -0.485 e. The van der Waals surface area contributed by atoms with Crippen LogP contribution in [0.4, 0.5) is 5.69 Å². The van der Waals surface area contributed by atoms with Crippen molar-refractivity contribution >= 4 is 16.6 Å². The fraction of sp³-hybridized carbons (Fsp3) is 0.583. The Bertz CT molecular complexity index is 1210. The Kier molecular flexibility index (Phi) is 16.1. The van der Waals surface area contributed by atoms with E-state index in [-0.39, 0.29) is 5.56 Å². The maximum absolute atomic E-state index is 13.9. The van der Waals surface area contributed by atoms with E-state index < -0.39 is 0 Å². The van der Waals surface area contributed by atoms with Crippen LogP contribution in [0.3, 0.4) is 0 Å². The number of benzene rings is 1. The molecule has 0 aliphatic rings. The molecule has 41 heavy (non-hydrogen) atoms. The molecule has 0 saturated heterocycles. The third-order valence-electron chi connectivity index (χ3n) is 7.23. The van der Waals surface area contributed by atoms with Crippen LogP contribution in [0.1, 0.15) is 113 Å². The van der Waals surface area contributed by atoms with E-state index in [0.29, 0.717) is 31.3 Å². The van der Waals surface area contributed by atoms with Crippen LogP contribution in [0.15, 0.2) is 57.9 Å². The first-order valence-electron chi connectivity index (χ1n) is 15.9. The van der Waals surface area contributed by atoms with Crippen molar-refractivity contribution in [1.82, 2.24) is 4.57 Å². The van der Waals surface area contributed by atoms with E-state index in [4.69, 9.17) is 9.47 Å². The molecule has 1 aromatic carbocycles. The molecule has 5 nitrogen and oxygen atoms in total. The molecule has 1 aromatic heterocycles. The molecule has 1 heterocycles. The Morgan fingerprint density at radius 2 is 1.54 bits per heavy atom. The number of pyridine rings is 1. The Labute approximate surface area is 249 Å². The van der Waals surface area contributed by atoms with Crippen molar-refractivity contribution in [1.29, 1.82) is 0 Å². The zero-order chi connectivity index (χ0) is 30.0. The number of anilines is 1. The molecule has 0 unspecified atom stereocenters. The molecule has 0 radical (unpaired) electrons. The zero-order valence-electron chi connectivity index (χ0n) is 27.0. The van der Waals surface area contributed by atoms with E-state index in [2.05, 4.69) is 84.1 Å². The Balaban J connectivity index is 2.37. The number of ether oxygens (including phenoxy) is 2. The molecule has 0 fully saturated rings. The second kappa shape index (κ2) is 19.2. The molecular formula is C36H56N2O3. The van der Waals surface area contributed by atoms with Crippen LogP contribution in [0.2, 0.25) is 0 Å². The summed E-state index contributed by atoms with van der Waals surface area (Å²) in [4.78, 5) is 13.9. The number of aryl methyl sites for hydroxylation is 1. The number of aromatic nitrogens is 1. The van der Waals surface area contributed by atoms with Gasteiger partial charge in [0.05, 0.1) is 12.1 Å². The Morgan fingerprint density at radius 1 is 0.829 bits per heavy atom. The average Bonchev–Trinajstić information content (AvgIpc) is 2.93. The topological polar surface area (TPSA) is 52.5 Å². The van der Waals surface area contributed by atoms with E-state index in [1.54, 1.807) is 0 Å². The molecule has 0 saturated carbocycles. The molecule has 0 aliphatic heterocycles. The molecule has 1 N–H and O–H groups in total. The smallest absolute Gasteiger partial charge is 0.297 e. The molecule has 2 aromatic rings. The number of hydrogen-bond acceptors (Lipinski definition) is 4. The maximum atomic E-state index is 13.9. The van der Waals surface area contributed by atoms with Gasteiger partial charge in [-0.2, -0.15) is 0 Å². The summed E-state index contributed by atoms with van der Waals surface area (Å²) >= 11 is 0. The van der Waals surface area contributed by atoms with Gasteiger partial charge in [0.15, 0.2) is 5.75 Å². The van der Waals surface area contributed by atoms with Crippen molar-refractivity contribution in [2.24, 2.45) is 0 Å². The van der Waals surface area contributed by atoms with E-state index in [9.17, 15) is 4.79 Å². The molecule has 0 atom stereocenters. The average molecular weight is 565 g/mol. The zero-order valence-corrected chi connectivity index (χ0v) is 27.0. The Morgan fingerprint density at radius 3 is 2.24 bits per heavy atom. The maximum Gasteiger partial charge on any atom is 0.297 e. The van der Waals surface area contributed by atoms with Gasteiger partial charge in [0.25, 0.3) is 5.56 Å². The predicted octanol–water partition coefficient (Wildman–Crippen LogP) is 9.99. The summed E-state index contributed by atoms with van der Waals surface area (Å²) in [6, 6.07) is 6.24. The summed E-state index contributed by atoms with van der Waals surface area (Å²) in [5.41, 5.74) is 5.69. The van der Waals surface area contributed by atoms with Crippen LogP contribution in [-0.2, 0) is 6.54 Å². The third kappa shape index (κ3) is 12.2. The van der Waals surface area contributed by atoms with Crippen molar-refractivity contribution in [2.45, 2.75) is 119 Å². The molecular weight excluding hydrogens is 508 g/mol. The third-order valence-corrected chi connectivity index (χ3v) is 7.23. The van der Waals surface area contributed by atoms with Crippen molar-refractivity contribution in [3.8, 4) is 11.5 Å². The molecule has 5 heteroatoms. The highest BCUT2D eigenvalue weighted by Crippen LogP contribution is 2.35. The number of allylic oxidation sites excluding steroid dienone is 4. The number of nitrogens with one attached hydrogen (secondary N) is 1. The van der Waals surface area contributed by atoms with Crippen LogP contribution in [-0.4, -0.2) is 24.3 Å². The van der Waals surface area contributed by atoms with Gasteiger partial charge in [-0.3, -0.25) is 4.79 Å². The Hall–Kier alpha value is -2.95. The predicted molar refractivity (Wildman–Crippen MR) is 178 cm³/mol. The van der Waals surface area contributed by atoms with Gasteiger partial charge in [0.2, 0.25) is 5.75 Å². The highest BCUT2D eigenvalue weighted by atomic mass is 16.5. The molecule has 2 rings (SSSR count). The largest absolute Gasteiger partial charge is 0.485 e. The number of rotatable bonds is 20. The van der Waals surface area contributed by atoms with Gasteiger partial charge in [-0.05, 0) is 84.6 Å². The van der Waals surface area contributed by atoms with Gasteiger partial charge < -0.3 is 19.4 Å². The summed E-state index contributed by atoms with van der Waals surface area (Å²) in [7, 11) is 0. The summed E-state index contributed by atoms with van der Waals surface area (Å²) in [6.45, 7) is 17.3. The lowest BCUT2D eigenvalue weighted by molar-refractivity contribution is 0.272. The normalized spacial score (nSPS) is 11.4. The van der Waals surface area contributed by atoms with Gasteiger partial charge in [-0.1, -0.05) is 81.2 Å². The van der Waals surface area contributed by atoms with Crippen LogP contribution in [0.25, 0.3) is 10.9 Å². The second-order valence-corrected chi connectivity index (χ2v) is 11.7. The highest BCUT2D eigenvalue weighted by Gasteiger charge is 2.20. The number of hydrogen-bond donors (Lipinski definition) is 1. The minimum atomic E-state index is -0.101. The van der Waals surface area contributed by atoms with E-state index in [0.717, 1.165) is 61.7 Å². The first-order chi connectivity index (χ1) is 19.8. The highest BCUT2D eigenvalue weighted by molar-refractivity contribution is 5.90. The molecule has 0 bridgehead atoms. The van der Waals surface area contributed by atoms with Crippen LogP contribution >= 0.6 is 0 Å². The minimum absolute atomic E-state index is 0.101. The van der Waals surface area contributed by atoms with Crippen LogP contribution in [0, 0.1) is 0 Å². The van der Waals surface area contributed by atoms with E-state index in [1.807, 2.05) is 10.6 Å². The van der Waals surface area contributed by atoms with E-state index in [1.165, 1.54) is 42.4 Å². The van der Waals surface area contributed by atoms with E-state index >= 15 is 0 Å². The monoisotopic (exact) mass is 564 g/mol. The van der Waals surface area contributed by atoms with Gasteiger partial charge in [-0.25, -0.2) is 0 Å². The quantitative estimate of drug-likeness (QED) is 0.128. The molecule has 0 aliphatic carbocycles. The van der Waals surface area contributed by atoms with Crippen LogP contribution in [0.5, 0.6) is 11.5 Å². The van der Waals surface area contributed by atoms with Gasteiger partial charge in [0.1, 0.15) is 6.61 Å². The first kappa shape index (κ1) is 34.3. The number of nitrogens with zero attached hydrogens (tertiary/aromatic N) is 1. The van der Waals surface area contributed by atoms with Crippen molar-refractivity contribution in [3.63, 3.8) is 0 Å². The fourth-order valence-corrected chi connectivity index (χ4v) is 4.70. The van der Waals surface area contributed by atoms with Crippen molar-refractivity contribution in [3.05, 3.63) is 63.5 Å². The summed E-state index contributed by atoms with van der Waals surface area (Å²) in [5.74, 6) is 0.905.